The molecule has 0 saturated carbocycles. The molecule has 2 N–H and O–H groups in total. The lowest BCUT2D eigenvalue weighted by Gasteiger charge is -2.03. The molecule has 0 aliphatic rings. The third-order valence-corrected chi connectivity index (χ3v) is 4.48. The van der Waals surface area contributed by atoms with Crippen LogP contribution in [0.25, 0.3) is 0 Å². The molecule has 0 fully saturated rings. The number of rotatable bonds is 4. The number of nitrogens with one attached hydrogen (secondary N) is 2. The van der Waals surface area contributed by atoms with Gasteiger partial charge in [0.25, 0.3) is 0 Å². The summed E-state index contributed by atoms with van der Waals surface area (Å²) in [6, 6.07) is 3.77. The Kier molecular flexibility index (Phi) is 3.08. The lowest BCUT2D eigenvalue weighted by molar-refractivity contribution is 0.581. The van der Waals surface area contributed by atoms with E-state index in [2.05, 4.69) is 14.9 Å². The van der Waals surface area contributed by atoms with Crippen LogP contribution in [0.5, 0.6) is 0 Å². The van der Waals surface area contributed by atoms with Gasteiger partial charge in [0.05, 0.1) is 11.9 Å². The number of hydrogen-bond donors (Lipinski definition) is 2. The first-order valence-corrected chi connectivity index (χ1v) is 6.98. The van der Waals surface area contributed by atoms with Crippen molar-refractivity contribution in [2.24, 2.45) is 0 Å². The van der Waals surface area contributed by atoms with Crippen LogP contribution in [0.3, 0.4) is 0 Å². The normalized spacial score (nSPS) is 11.8. The molecule has 0 spiro atoms. The Balaban J connectivity index is 2.13. The van der Waals surface area contributed by atoms with E-state index in [0.29, 0.717) is 12.2 Å². The fraction of sp³-hybridized carbons (Fsp3) is 0.222. The molecular weight excluding hydrogens is 246 g/mol. The second kappa shape index (κ2) is 4.36. The summed E-state index contributed by atoms with van der Waals surface area (Å²) in [5.41, 5.74) is 0.540. The van der Waals surface area contributed by atoms with E-state index in [0.717, 1.165) is 4.88 Å². The molecule has 0 atom stereocenters. The predicted molar refractivity (Wildman–Crippen MR) is 61.7 cm³/mol. The molecule has 0 unspecified atom stereocenters. The zero-order valence-corrected chi connectivity index (χ0v) is 10.2. The summed E-state index contributed by atoms with van der Waals surface area (Å²) < 4.78 is 26.2. The fourth-order valence-corrected chi connectivity index (χ4v) is 3.14. The highest BCUT2D eigenvalue weighted by Crippen LogP contribution is 2.13. The second-order valence-electron chi connectivity index (χ2n) is 3.26. The monoisotopic (exact) mass is 257 g/mol. The maximum absolute atomic E-state index is 11.8. The van der Waals surface area contributed by atoms with Gasteiger partial charge in [-0.1, -0.05) is 6.07 Å². The molecule has 2 aromatic heterocycles. The molecule has 0 aliphatic carbocycles. The Hall–Kier alpha value is -1.18. The van der Waals surface area contributed by atoms with Gasteiger partial charge >= 0.3 is 0 Å². The molecule has 5 nitrogen and oxygen atoms in total. The third kappa shape index (κ3) is 2.31. The molecular formula is C9H11N3O2S2. The van der Waals surface area contributed by atoms with Gasteiger partial charge in [0.2, 0.25) is 10.0 Å². The Morgan fingerprint density at radius 3 is 2.94 bits per heavy atom. The summed E-state index contributed by atoms with van der Waals surface area (Å²) >= 11 is 1.51. The van der Waals surface area contributed by atoms with Gasteiger partial charge in [-0.05, 0) is 18.4 Å². The van der Waals surface area contributed by atoms with Crippen molar-refractivity contribution in [1.82, 2.24) is 14.9 Å². The number of aromatic amines is 1. The van der Waals surface area contributed by atoms with Gasteiger partial charge in [-0.15, -0.1) is 11.3 Å². The molecule has 0 radical (unpaired) electrons. The molecule has 2 aromatic rings. The molecule has 0 aromatic carbocycles. The average Bonchev–Trinajstić information content (AvgIpc) is 2.85. The van der Waals surface area contributed by atoms with Crippen molar-refractivity contribution in [3.63, 3.8) is 0 Å². The van der Waals surface area contributed by atoms with Crippen LogP contribution in [0.4, 0.5) is 0 Å². The molecule has 0 bridgehead atoms. The topological polar surface area (TPSA) is 74.8 Å². The van der Waals surface area contributed by atoms with E-state index in [-0.39, 0.29) is 4.90 Å². The number of H-pyrrole nitrogens is 1. The van der Waals surface area contributed by atoms with Crippen LogP contribution in [0.2, 0.25) is 0 Å². The summed E-state index contributed by atoms with van der Waals surface area (Å²) in [5.74, 6) is 0. The van der Waals surface area contributed by atoms with E-state index in [1.807, 2.05) is 17.5 Å². The van der Waals surface area contributed by atoms with Crippen LogP contribution in [0.15, 0.2) is 28.6 Å². The number of sulfonamides is 1. The molecule has 7 heteroatoms. The van der Waals surface area contributed by atoms with Gasteiger partial charge in [-0.25, -0.2) is 13.1 Å². The zero-order chi connectivity index (χ0) is 11.6. The smallest absolute Gasteiger partial charge is 0.244 e. The Morgan fingerprint density at radius 2 is 2.38 bits per heavy atom. The van der Waals surface area contributed by atoms with Crippen molar-refractivity contribution >= 4 is 21.4 Å². The maximum Gasteiger partial charge on any atom is 0.244 e. The largest absolute Gasteiger partial charge is 0.281 e. The standard InChI is InChI=1S/C9H11N3O2S2/c1-7-9(6-10-12-7)16(13,14)11-5-8-3-2-4-15-8/h2-4,6,11H,5H2,1H3,(H,10,12). The molecule has 0 saturated heterocycles. The molecule has 2 rings (SSSR count). The first-order chi connectivity index (χ1) is 7.59. The lowest BCUT2D eigenvalue weighted by atomic mass is 10.5. The Labute approximate surface area is 97.6 Å². The van der Waals surface area contributed by atoms with E-state index >= 15 is 0 Å². The van der Waals surface area contributed by atoms with E-state index in [1.165, 1.54) is 17.5 Å². The highest BCUT2D eigenvalue weighted by molar-refractivity contribution is 7.89. The molecule has 16 heavy (non-hydrogen) atoms. The fourth-order valence-electron chi connectivity index (χ4n) is 1.27. The minimum absolute atomic E-state index is 0.198. The van der Waals surface area contributed by atoms with E-state index < -0.39 is 10.0 Å². The summed E-state index contributed by atoms with van der Waals surface area (Å²) in [4.78, 5) is 1.17. The summed E-state index contributed by atoms with van der Waals surface area (Å²) in [6.45, 7) is 1.98. The number of nitrogens with zero attached hydrogens (tertiary/aromatic N) is 1. The quantitative estimate of drug-likeness (QED) is 0.865. The van der Waals surface area contributed by atoms with Gasteiger partial charge in [-0.2, -0.15) is 5.10 Å². The van der Waals surface area contributed by atoms with Crippen molar-refractivity contribution in [3.05, 3.63) is 34.3 Å². The summed E-state index contributed by atoms with van der Waals surface area (Å²) in [5, 5.41) is 8.20. The van der Waals surface area contributed by atoms with Gasteiger partial charge < -0.3 is 0 Å². The van der Waals surface area contributed by atoms with Crippen LogP contribution in [-0.2, 0) is 16.6 Å². The second-order valence-corrected chi connectivity index (χ2v) is 6.03. The number of thiophene rings is 1. The van der Waals surface area contributed by atoms with E-state index in [1.54, 1.807) is 6.92 Å². The average molecular weight is 257 g/mol. The van der Waals surface area contributed by atoms with Gasteiger partial charge in [0.15, 0.2) is 0 Å². The molecule has 2 heterocycles. The third-order valence-electron chi connectivity index (χ3n) is 2.09. The Morgan fingerprint density at radius 1 is 1.56 bits per heavy atom. The van der Waals surface area contributed by atoms with Crippen LogP contribution < -0.4 is 4.72 Å². The molecule has 86 valence electrons. The number of hydrogen-bond acceptors (Lipinski definition) is 4. The lowest BCUT2D eigenvalue weighted by Crippen LogP contribution is -2.23. The van der Waals surface area contributed by atoms with Crippen molar-refractivity contribution in [2.75, 3.05) is 0 Å². The van der Waals surface area contributed by atoms with Crippen LogP contribution in [-0.4, -0.2) is 18.6 Å². The number of aryl methyl sites for hydroxylation is 1. The zero-order valence-electron chi connectivity index (χ0n) is 8.60. The highest BCUT2D eigenvalue weighted by Gasteiger charge is 2.17. The van der Waals surface area contributed by atoms with Gasteiger partial charge in [-0.3, -0.25) is 5.10 Å². The first kappa shape index (κ1) is 11.3. The van der Waals surface area contributed by atoms with Crippen LogP contribution >= 0.6 is 11.3 Å². The summed E-state index contributed by atoms with van der Waals surface area (Å²) in [7, 11) is -3.46. The van der Waals surface area contributed by atoms with Gasteiger partial charge in [0.1, 0.15) is 4.90 Å². The molecule has 0 aliphatic heterocycles. The van der Waals surface area contributed by atoms with Crippen molar-refractivity contribution in [2.45, 2.75) is 18.4 Å². The number of aromatic nitrogens is 2. The maximum atomic E-state index is 11.8. The minimum atomic E-state index is -3.46. The van der Waals surface area contributed by atoms with E-state index in [9.17, 15) is 8.42 Å². The van der Waals surface area contributed by atoms with Crippen LogP contribution in [0, 0.1) is 6.92 Å². The Bertz CT molecular complexity index is 557. The minimum Gasteiger partial charge on any atom is -0.281 e. The highest BCUT2D eigenvalue weighted by atomic mass is 32.2. The SMILES string of the molecule is Cc1[nH]ncc1S(=O)(=O)NCc1cccs1. The first-order valence-electron chi connectivity index (χ1n) is 4.61. The predicted octanol–water partition coefficient (Wildman–Crippen LogP) is 1.26. The van der Waals surface area contributed by atoms with Crippen molar-refractivity contribution in [3.8, 4) is 0 Å². The summed E-state index contributed by atoms with van der Waals surface area (Å²) in [6.07, 6.45) is 1.31. The molecule has 0 amide bonds. The van der Waals surface area contributed by atoms with Crippen molar-refractivity contribution in [1.29, 1.82) is 0 Å². The van der Waals surface area contributed by atoms with E-state index in [4.69, 9.17) is 0 Å². The van der Waals surface area contributed by atoms with Crippen molar-refractivity contribution < 1.29 is 8.42 Å². The van der Waals surface area contributed by atoms with Crippen LogP contribution in [0.1, 0.15) is 10.6 Å². The van der Waals surface area contributed by atoms with Gasteiger partial charge in [0, 0.05) is 11.4 Å².